The van der Waals surface area contributed by atoms with Crippen molar-refractivity contribution >= 4 is 22.6 Å². The molecule has 0 aliphatic heterocycles. The molecule has 1 aromatic carbocycles. The molecule has 0 aliphatic carbocycles. The van der Waals surface area contributed by atoms with Crippen LogP contribution in [0.5, 0.6) is 5.75 Å². The second-order valence-corrected chi connectivity index (χ2v) is 7.19. The number of hydrogen-bond donors (Lipinski definition) is 1. The molecule has 28 heavy (non-hydrogen) atoms. The van der Waals surface area contributed by atoms with Gasteiger partial charge in [0, 0.05) is 41.9 Å². The minimum atomic E-state index is -0.465. The van der Waals surface area contributed by atoms with Crippen molar-refractivity contribution in [3.63, 3.8) is 0 Å². The van der Waals surface area contributed by atoms with Crippen molar-refractivity contribution in [2.75, 3.05) is 7.11 Å². The fourth-order valence-corrected chi connectivity index (χ4v) is 3.90. The zero-order valence-corrected chi connectivity index (χ0v) is 16.8. The van der Waals surface area contributed by atoms with Crippen LogP contribution < -0.4 is 4.74 Å². The first kappa shape index (κ1) is 18.5. The Morgan fingerprint density at radius 1 is 1.25 bits per heavy atom. The van der Waals surface area contributed by atoms with Crippen molar-refractivity contribution in [3.05, 3.63) is 64.6 Å². The molecule has 0 radical (unpaired) electrons. The number of nitrogens with zero attached hydrogens (tertiary/aromatic N) is 3. The van der Waals surface area contributed by atoms with E-state index in [1.165, 1.54) is 6.07 Å². The molecule has 0 bridgehead atoms. The number of halogens is 2. The molecule has 144 valence electrons. The van der Waals surface area contributed by atoms with E-state index in [1.54, 1.807) is 13.2 Å². The van der Waals surface area contributed by atoms with E-state index >= 15 is 0 Å². The number of nitrogens with one attached hydrogen (secondary N) is 1. The third-order valence-corrected chi connectivity index (χ3v) is 5.68. The predicted octanol–water partition coefficient (Wildman–Crippen LogP) is 5.22. The largest absolute Gasteiger partial charge is 0.496 e. The Bertz CT molecular complexity index is 1180. The molecule has 1 N–H and O–H groups in total. The lowest BCUT2D eigenvalue weighted by Crippen LogP contribution is -2.02. The first-order valence-electron chi connectivity index (χ1n) is 8.90. The normalized spacial score (nSPS) is 12.5. The van der Waals surface area contributed by atoms with Crippen molar-refractivity contribution < 1.29 is 9.13 Å². The van der Waals surface area contributed by atoms with E-state index in [9.17, 15) is 4.39 Å². The van der Waals surface area contributed by atoms with Crippen molar-refractivity contribution in [1.29, 1.82) is 0 Å². The van der Waals surface area contributed by atoms with Crippen LogP contribution in [0.1, 0.15) is 29.8 Å². The first-order chi connectivity index (χ1) is 13.4. The molecule has 0 saturated heterocycles. The van der Waals surface area contributed by atoms with Gasteiger partial charge >= 0.3 is 0 Å². The minimum Gasteiger partial charge on any atom is -0.496 e. The van der Waals surface area contributed by atoms with Gasteiger partial charge in [0.25, 0.3) is 0 Å². The highest BCUT2D eigenvalue weighted by molar-refractivity contribution is 6.31. The lowest BCUT2D eigenvalue weighted by Gasteiger charge is -2.17. The highest BCUT2D eigenvalue weighted by Gasteiger charge is 2.23. The van der Waals surface area contributed by atoms with Gasteiger partial charge in [-0.1, -0.05) is 18.5 Å². The van der Waals surface area contributed by atoms with Crippen LogP contribution in [-0.4, -0.2) is 26.6 Å². The van der Waals surface area contributed by atoms with Gasteiger partial charge in [-0.25, -0.2) is 14.4 Å². The maximum atomic E-state index is 14.1. The molecular weight excluding hydrogens is 379 g/mol. The van der Waals surface area contributed by atoms with E-state index in [2.05, 4.69) is 21.0 Å². The van der Waals surface area contributed by atoms with E-state index in [1.807, 2.05) is 44.1 Å². The summed E-state index contributed by atoms with van der Waals surface area (Å²) in [7, 11) is 3.53. The summed E-state index contributed by atoms with van der Waals surface area (Å²) in [6.07, 6.45) is 5.54. The summed E-state index contributed by atoms with van der Waals surface area (Å²) >= 11 is 6.30. The van der Waals surface area contributed by atoms with Crippen molar-refractivity contribution in [2.45, 2.75) is 19.8 Å². The summed E-state index contributed by atoms with van der Waals surface area (Å²) in [5.41, 5.74) is 4.28. The van der Waals surface area contributed by atoms with Gasteiger partial charge in [-0.15, -0.1) is 0 Å². The monoisotopic (exact) mass is 398 g/mol. The van der Waals surface area contributed by atoms with E-state index in [0.29, 0.717) is 11.3 Å². The molecule has 4 rings (SSSR count). The number of rotatable bonds is 4. The van der Waals surface area contributed by atoms with Gasteiger partial charge in [-0.2, -0.15) is 0 Å². The molecule has 1 atom stereocenters. The number of hydrogen-bond acceptors (Lipinski definition) is 3. The summed E-state index contributed by atoms with van der Waals surface area (Å²) in [6, 6.07) is 4.99. The number of aromatic amines is 1. The molecule has 4 aromatic rings. The zero-order chi connectivity index (χ0) is 20.0. The number of benzene rings is 1. The quantitative estimate of drug-likeness (QED) is 0.512. The van der Waals surface area contributed by atoms with Crippen molar-refractivity contribution in [3.8, 4) is 17.0 Å². The third kappa shape index (κ3) is 2.85. The van der Waals surface area contributed by atoms with Crippen LogP contribution in [-0.2, 0) is 7.05 Å². The topological polar surface area (TPSA) is 55.7 Å². The summed E-state index contributed by atoms with van der Waals surface area (Å²) in [5.74, 6) is 0.819. The summed E-state index contributed by atoms with van der Waals surface area (Å²) in [6.45, 7) is 3.93. The molecule has 5 nitrogen and oxygen atoms in total. The highest BCUT2D eigenvalue weighted by atomic mass is 35.5. The average molecular weight is 399 g/mol. The summed E-state index contributed by atoms with van der Waals surface area (Å²) in [4.78, 5) is 12.1. The van der Waals surface area contributed by atoms with Gasteiger partial charge in [-0.3, -0.25) is 0 Å². The number of aromatic nitrogens is 4. The van der Waals surface area contributed by atoms with Crippen molar-refractivity contribution in [1.82, 2.24) is 19.5 Å². The van der Waals surface area contributed by atoms with Crippen molar-refractivity contribution in [2.24, 2.45) is 7.05 Å². The lowest BCUT2D eigenvalue weighted by molar-refractivity contribution is 0.407. The number of imidazole rings is 1. The number of fused-ring (bicyclic) bond motifs is 1. The second kappa shape index (κ2) is 6.95. The van der Waals surface area contributed by atoms with E-state index in [0.717, 1.165) is 33.7 Å². The summed E-state index contributed by atoms with van der Waals surface area (Å²) < 4.78 is 21.6. The Morgan fingerprint density at radius 2 is 2.04 bits per heavy atom. The Kier molecular flexibility index (Phi) is 4.59. The SMILES string of the molecule is COc1ccc(F)c(Cl)c1[C@@H](C)c1c[nH]c2ncc(-c3cnc(C)n3C)cc12. The fraction of sp³-hybridized carbons (Fsp3) is 0.238. The molecular formula is C21H20ClFN4O. The number of pyridine rings is 1. The standard InChI is InChI=1S/C21H20ClFN4O/c1-11(19-18(28-4)6-5-16(23)20(19)22)15-9-26-21-14(15)7-13(8-25-21)17-10-24-12(2)27(17)3/h5-11H,1-4H3,(H,25,26)/t11-/m0/s1. The number of methoxy groups -OCH3 is 1. The summed E-state index contributed by atoms with van der Waals surface area (Å²) in [5, 5.41) is 1.03. The Hall–Kier alpha value is -2.86. The maximum absolute atomic E-state index is 14.1. The molecule has 0 saturated carbocycles. The number of H-pyrrole nitrogens is 1. The number of ether oxygens (including phenoxy) is 1. The molecule has 7 heteroatoms. The Balaban J connectivity index is 1.87. The minimum absolute atomic E-state index is 0.0765. The molecule has 3 aromatic heterocycles. The van der Waals surface area contributed by atoms with E-state index < -0.39 is 5.82 Å². The van der Waals surface area contributed by atoms with Crippen LogP contribution in [0.25, 0.3) is 22.3 Å². The Morgan fingerprint density at radius 3 is 2.71 bits per heavy atom. The van der Waals surface area contributed by atoms with E-state index in [-0.39, 0.29) is 10.9 Å². The second-order valence-electron chi connectivity index (χ2n) is 6.81. The van der Waals surface area contributed by atoms with Crippen LogP contribution >= 0.6 is 11.6 Å². The van der Waals surface area contributed by atoms with Crippen LogP contribution in [0.15, 0.2) is 36.8 Å². The fourth-order valence-electron chi connectivity index (χ4n) is 3.58. The zero-order valence-electron chi connectivity index (χ0n) is 16.0. The van der Waals surface area contributed by atoms with Gasteiger partial charge in [0.15, 0.2) is 0 Å². The van der Waals surface area contributed by atoms with Crippen LogP contribution in [0, 0.1) is 12.7 Å². The first-order valence-corrected chi connectivity index (χ1v) is 9.27. The molecule has 3 heterocycles. The smallest absolute Gasteiger partial charge is 0.142 e. The molecule has 0 fully saturated rings. The van der Waals surface area contributed by atoms with Gasteiger partial charge in [0.05, 0.1) is 24.0 Å². The Labute approximate surface area is 167 Å². The predicted molar refractivity (Wildman–Crippen MR) is 109 cm³/mol. The third-order valence-electron chi connectivity index (χ3n) is 5.29. The highest BCUT2D eigenvalue weighted by Crippen LogP contribution is 2.40. The van der Waals surface area contributed by atoms with Gasteiger partial charge in [-0.05, 0) is 30.7 Å². The molecule has 0 aliphatic rings. The molecule has 0 amide bonds. The van der Waals surface area contributed by atoms with Gasteiger partial charge in [0.2, 0.25) is 0 Å². The van der Waals surface area contributed by atoms with Crippen LogP contribution in [0.2, 0.25) is 5.02 Å². The van der Waals surface area contributed by atoms with Gasteiger partial charge in [0.1, 0.15) is 23.0 Å². The van der Waals surface area contributed by atoms with Crippen LogP contribution in [0.4, 0.5) is 4.39 Å². The molecule has 0 unspecified atom stereocenters. The molecule has 0 spiro atoms. The number of aryl methyl sites for hydroxylation is 1. The van der Waals surface area contributed by atoms with Gasteiger partial charge < -0.3 is 14.3 Å². The lowest BCUT2D eigenvalue weighted by atomic mass is 9.92. The van der Waals surface area contributed by atoms with E-state index in [4.69, 9.17) is 16.3 Å². The maximum Gasteiger partial charge on any atom is 0.142 e. The van der Waals surface area contributed by atoms with Crippen LogP contribution in [0.3, 0.4) is 0 Å². The average Bonchev–Trinajstić information content (AvgIpc) is 3.26.